The van der Waals surface area contributed by atoms with Gasteiger partial charge in [-0.05, 0) is 36.2 Å². The number of hydrogen-bond acceptors (Lipinski definition) is 2. The van der Waals surface area contributed by atoms with Crippen molar-refractivity contribution >= 4 is 6.21 Å². The minimum absolute atomic E-state index is 0.501. The molecule has 3 nitrogen and oxygen atoms in total. The van der Waals surface area contributed by atoms with Gasteiger partial charge in [0.1, 0.15) is 5.75 Å². The van der Waals surface area contributed by atoms with E-state index in [0.717, 1.165) is 28.9 Å². The van der Waals surface area contributed by atoms with E-state index < -0.39 is 0 Å². The van der Waals surface area contributed by atoms with Crippen LogP contribution >= 0.6 is 0 Å². The van der Waals surface area contributed by atoms with Crippen molar-refractivity contribution in [3.05, 3.63) is 70.9 Å². The highest BCUT2D eigenvalue weighted by atomic mass is 16.5. The molecule has 20 heavy (non-hydrogen) atoms. The third-order valence-electron chi connectivity index (χ3n) is 3.10. The molecule has 0 N–H and O–H groups in total. The number of hydrogen-bond donors (Lipinski definition) is 0. The summed E-state index contributed by atoms with van der Waals surface area (Å²) in [4.78, 5) is 0. The summed E-state index contributed by atoms with van der Waals surface area (Å²) < 4.78 is 6.07. The molecule has 0 bridgehead atoms. The number of hydroxylamine groups is 1. The van der Waals surface area contributed by atoms with Crippen LogP contribution in [0.4, 0.5) is 0 Å². The molecule has 0 saturated heterocycles. The quantitative estimate of drug-likeness (QED) is 0.349. The van der Waals surface area contributed by atoms with Gasteiger partial charge in [0.25, 0.3) is 0 Å². The maximum Gasteiger partial charge on any atom is 0.181 e. The molecule has 0 fully saturated rings. The minimum atomic E-state index is 0.501. The van der Waals surface area contributed by atoms with Gasteiger partial charge in [0.15, 0.2) is 12.8 Å². The molecule has 2 rings (SSSR count). The lowest BCUT2D eigenvalue weighted by atomic mass is 10.1. The third kappa shape index (κ3) is 4.43. The van der Waals surface area contributed by atoms with Crippen molar-refractivity contribution in [3.63, 3.8) is 0 Å². The van der Waals surface area contributed by atoms with Gasteiger partial charge in [-0.15, -0.1) is 0 Å². The Morgan fingerprint density at radius 1 is 1.05 bits per heavy atom. The highest BCUT2D eigenvalue weighted by molar-refractivity contribution is 5.75. The Hall–Kier alpha value is -2.29. The van der Waals surface area contributed by atoms with Crippen molar-refractivity contribution in [1.29, 1.82) is 0 Å². The lowest BCUT2D eigenvalue weighted by Gasteiger charge is -2.05. The molecule has 0 saturated carbocycles. The second-order valence-corrected chi connectivity index (χ2v) is 4.63. The first-order valence-electron chi connectivity index (χ1n) is 6.74. The number of ether oxygens (including phenoxy) is 1. The van der Waals surface area contributed by atoms with E-state index >= 15 is 0 Å². The van der Waals surface area contributed by atoms with E-state index in [2.05, 4.69) is 12.1 Å². The molecule has 2 aromatic carbocycles. The molecule has 0 spiro atoms. The summed E-state index contributed by atoms with van der Waals surface area (Å²) >= 11 is 0. The lowest BCUT2D eigenvalue weighted by Crippen LogP contribution is -2.08. The SMILES string of the molecule is COc1ccc(/C=[N+](\[O-])CCCc2ccccc2)cc1. The van der Waals surface area contributed by atoms with Crippen LogP contribution < -0.4 is 4.74 Å². The van der Waals surface area contributed by atoms with Crippen LogP contribution in [0.2, 0.25) is 0 Å². The van der Waals surface area contributed by atoms with Crippen molar-refractivity contribution in [3.8, 4) is 5.75 Å². The summed E-state index contributed by atoms with van der Waals surface area (Å²) in [6, 6.07) is 17.7. The largest absolute Gasteiger partial charge is 0.624 e. The summed E-state index contributed by atoms with van der Waals surface area (Å²) in [6.45, 7) is 0.501. The number of rotatable bonds is 6. The van der Waals surface area contributed by atoms with Crippen LogP contribution in [-0.4, -0.2) is 24.6 Å². The van der Waals surface area contributed by atoms with Gasteiger partial charge in [-0.2, -0.15) is 0 Å². The smallest absolute Gasteiger partial charge is 0.181 e. The standard InChI is InChI=1S/C17H19NO2/c1-20-17-11-9-16(10-12-17)14-18(19)13-5-8-15-6-3-2-4-7-15/h2-4,6-7,9-12,14H,5,8,13H2,1H3/b18-14-. The van der Waals surface area contributed by atoms with Crippen LogP contribution in [0, 0.1) is 5.21 Å². The first-order valence-corrected chi connectivity index (χ1v) is 6.74. The van der Waals surface area contributed by atoms with Crippen molar-refractivity contribution in [2.24, 2.45) is 0 Å². The van der Waals surface area contributed by atoms with Gasteiger partial charge in [0.2, 0.25) is 0 Å². The van der Waals surface area contributed by atoms with Crippen LogP contribution in [-0.2, 0) is 6.42 Å². The zero-order valence-corrected chi connectivity index (χ0v) is 11.7. The van der Waals surface area contributed by atoms with Gasteiger partial charge in [-0.1, -0.05) is 30.3 Å². The monoisotopic (exact) mass is 269 g/mol. The fourth-order valence-electron chi connectivity index (χ4n) is 2.00. The Kier molecular flexibility index (Phi) is 5.18. The van der Waals surface area contributed by atoms with E-state index in [0.29, 0.717) is 6.54 Å². The average molecular weight is 269 g/mol. The molecule has 0 atom stereocenters. The Balaban J connectivity index is 1.84. The molecular formula is C17H19NO2. The molecule has 0 amide bonds. The summed E-state index contributed by atoms with van der Waals surface area (Å²) in [5.41, 5.74) is 2.16. The number of benzene rings is 2. The Bertz CT molecular complexity index is 547. The lowest BCUT2D eigenvalue weighted by molar-refractivity contribution is -0.452. The van der Waals surface area contributed by atoms with Gasteiger partial charge in [0.05, 0.1) is 7.11 Å². The molecule has 3 heteroatoms. The summed E-state index contributed by atoms with van der Waals surface area (Å²) in [5.74, 6) is 0.795. The number of nitrogens with zero attached hydrogens (tertiary/aromatic N) is 1. The van der Waals surface area contributed by atoms with Crippen molar-refractivity contribution in [2.45, 2.75) is 12.8 Å². The van der Waals surface area contributed by atoms with Gasteiger partial charge in [-0.3, -0.25) is 0 Å². The van der Waals surface area contributed by atoms with Gasteiger partial charge >= 0.3 is 0 Å². The van der Waals surface area contributed by atoms with Gasteiger partial charge in [0, 0.05) is 12.0 Å². The molecule has 0 aliphatic heterocycles. The average Bonchev–Trinajstić information content (AvgIpc) is 2.49. The predicted molar refractivity (Wildman–Crippen MR) is 81.4 cm³/mol. The molecule has 0 aromatic heterocycles. The van der Waals surface area contributed by atoms with E-state index in [-0.39, 0.29) is 0 Å². The van der Waals surface area contributed by atoms with Gasteiger partial charge in [-0.25, -0.2) is 4.74 Å². The van der Waals surface area contributed by atoms with Crippen LogP contribution in [0.3, 0.4) is 0 Å². The van der Waals surface area contributed by atoms with E-state index in [4.69, 9.17) is 4.74 Å². The minimum Gasteiger partial charge on any atom is -0.624 e. The molecule has 0 unspecified atom stereocenters. The van der Waals surface area contributed by atoms with Crippen molar-refractivity contribution < 1.29 is 9.48 Å². The predicted octanol–water partition coefficient (Wildman–Crippen LogP) is 3.26. The zero-order chi connectivity index (χ0) is 14.2. The molecule has 2 aromatic rings. The zero-order valence-electron chi connectivity index (χ0n) is 11.7. The topological polar surface area (TPSA) is 35.3 Å². The first-order chi connectivity index (χ1) is 9.78. The third-order valence-corrected chi connectivity index (χ3v) is 3.10. The molecule has 0 heterocycles. The first kappa shape index (κ1) is 14.1. The Morgan fingerprint density at radius 2 is 1.75 bits per heavy atom. The fourth-order valence-corrected chi connectivity index (χ4v) is 2.00. The van der Waals surface area contributed by atoms with E-state index in [1.807, 2.05) is 42.5 Å². The highest BCUT2D eigenvalue weighted by Crippen LogP contribution is 2.09. The van der Waals surface area contributed by atoms with Gasteiger partial charge < -0.3 is 9.94 Å². The molecule has 0 aliphatic rings. The molecule has 104 valence electrons. The summed E-state index contributed by atoms with van der Waals surface area (Å²) in [7, 11) is 1.63. The Labute approximate surface area is 119 Å². The van der Waals surface area contributed by atoms with Crippen LogP contribution in [0.5, 0.6) is 5.75 Å². The fraction of sp³-hybridized carbons (Fsp3) is 0.235. The van der Waals surface area contributed by atoms with Crippen molar-refractivity contribution in [1.82, 2.24) is 0 Å². The second kappa shape index (κ2) is 7.34. The van der Waals surface area contributed by atoms with Crippen LogP contribution in [0.25, 0.3) is 0 Å². The number of aryl methyl sites for hydroxylation is 1. The molecule has 0 radical (unpaired) electrons. The summed E-state index contributed by atoms with van der Waals surface area (Å²) in [5, 5.41) is 11.8. The maximum absolute atomic E-state index is 11.8. The normalized spacial score (nSPS) is 11.3. The van der Waals surface area contributed by atoms with E-state index in [1.165, 1.54) is 5.56 Å². The Morgan fingerprint density at radius 3 is 2.40 bits per heavy atom. The van der Waals surface area contributed by atoms with Crippen LogP contribution in [0.15, 0.2) is 54.6 Å². The highest BCUT2D eigenvalue weighted by Gasteiger charge is 1.99. The molecular weight excluding hydrogens is 250 g/mol. The van der Waals surface area contributed by atoms with Crippen molar-refractivity contribution in [2.75, 3.05) is 13.7 Å². The molecule has 0 aliphatic carbocycles. The second-order valence-electron chi connectivity index (χ2n) is 4.63. The summed E-state index contributed by atoms with van der Waals surface area (Å²) in [6.07, 6.45) is 3.39. The maximum atomic E-state index is 11.8. The van der Waals surface area contributed by atoms with E-state index in [1.54, 1.807) is 13.3 Å². The van der Waals surface area contributed by atoms with E-state index in [9.17, 15) is 5.21 Å². The number of methoxy groups -OCH3 is 1. The van der Waals surface area contributed by atoms with Crippen LogP contribution in [0.1, 0.15) is 17.5 Å².